The summed E-state index contributed by atoms with van der Waals surface area (Å²) in [6.45, 7) is 10.3. The van der Waals surface area contributed by atoms with Crippen molar-refractivity contribution >= 4 is 0 Å². The van der Waals surface area contributed by atoms with Crippen molar-refractivity contribution in [1.82, 2.24) is 20.1 Å². The van der Waals surface area contributed by atoms with Gasteiger partial charge in [-0.3, -0.25) is 0 Å². The van der Waals surface area contributed by atoms with Crippen molar-refractivity contribution in [2.24, 2.45) is 0 Å². The van der Waals surface area contributed by atoms with Crippen molar-refractivity contribution in [3.8, 4) is 0 Å². The van der Waals surface area contributed by atoms with E-state index in [1.165, 1.54) is 0 Å². The lowest BCUT2D eigenvalue weighted by Crippen LogP contribution is -2.17. The van der Waals surface area contributed by atoms with Crippen LogP contribution in [0.5, 0.6) is 0 Å². The standard InChI is InChI=1S/C10H18N4/c1-4-6-11-8-10-13-12-9(3)14(10)7-5-2/h4,11H,1,5-8H2,2-3H3. The molecule has 0 fully saturated rings. The maximum Gasteiger partial charge on any atom is 0.147 e. The van der Waals surface area contributed by atoms with Gasteiger partial charge in [0.1, 0.15) is 11.6 Å². The normalized spacial score (nSPS) is 10.4. The molecule has 0 aliphatic heterocycles. The molecule has 0 amide bonds. The van der Waals surface area contributed by atoms with Crippen LogP contribution in [0.15, 0.2) is 12.7 Å². The highest BCUT2D eigenvalue weighted by Gasteiger charge is 2.06. The lowest BCUT2D eigenvalue weighted by Gasteiger charge is -2.06. The molecule has 4 nitrogen and oxygen atoms in total. The van der Waals surface area contributed by atoms with E-state index in [-0.39, 0.29) is 0 Å². The molecule has 0 spiro atoms. The fourth-order valence-electron chi connectivity index (χ4n) is 1.36. The molecule has 1 aromatic rings. The zero-order valence-electron chi connectivity index (χ0n) is 8.95. The van der Waals surface area contributed by atoms with Crippen molar-refractivity contribution in [3.05, 3.63) is 24.3 Å². The van der Waals surface area contributed by atoms with Gasteiger partial charge in [-0.25, -0.2) is 0 Å². The predicted molar refractivity (Wildman–Crippen MR) is 57.0 cm³/mol. The first-order chi connectivity index (χ1) is 6.79. The summed E-state index contributed by atoms with van der Waals surface area (Å²) in [5.74, 6) is 1.99. The summed E-state index contributed by atoms with van der Waals surface area (Å²) in [5.41, 5.74) is 0. The van der Waals surface area contributed by atoms with Gasteiger partial charge < -0.3 is 9.88 Å². The molecule has 1 heterocycles. The zero-order valence-corrected chi connectivity index (χ0v) is 8.95. The Labute approximate surface area is 85.0 Å². The van der Waals surface area contributed by atoms with Crippen LogP contribution in [0.1, 0.15) is 25.0 Å². The third-order valence-corrected chi connectivity index (χ3v) is 2.03. The maximum atomic E-state index is 4.12. The SMILES string of the molecule is C=CCNCc1nnc(C)n1CCC. The van der Waals surface area contributed by atoms with Crippen molar-refractivity contribution in [2.75, 3.05) is 6.54 Å². The van der Waals surface area contributed by atoms with Crippen LogP contribution in [0.4, 0.5) is 0 Å². The summed E-state index contributed by atoms with van der Waals surface area (Å²) in [6, 6.07) is 0. The molecule has 0 radical (unpaired) electrons. The first kappa shape index (κ1) is 10.9. The molecule has 1 aromatic heterocycles. The number of rotatable bonds is 6. The number of hydrogen-bond acceptors (Lipinski definition) is 3. The van der Waals surface area contributed by atoms with Crippen LogP contribution < -0.4 is 5.32 Å². The fourth-order valence-corrected chi connectivity index (χ4v) is 1.36. The first-order valence-electron chi connectivity index (χ1n) is 4.99. The number of aromatic nitrogens is 3. The summed E-state index contributed by atoms with van der Waals surface area (Å²) in [5, 5.41) is 11.4. The van der Waals surface area contributed by atoms with Crippen LogP contribution in [-0.4, -0.2) is 21.3 Å². The highest BCUT2D eigenvalue weighted by Crippen LogP contribution is 2.01. The molecule has 4 heteroatoms. The van der Waals surface area contributed by atoms with Crippen molar-refractivity contribution in [1.29, 1.82) is 0 Å². The van der Waals surface area contributed by atoms with E-state index in [0.717, 1.165) is 37.7 Å². The number of nitrogens with one attached hydrogen (secondary N) is 1. The van der Waals surface area contributed by atoms with Gasteiger partial charge in [0.05, 0.1) is 6.54 Å². The summed E-state index contributed by atoms with van der Waals surface area (Å²) in [7, 11) is 0. The minimum absolute atomic E-state index is 0.757. The van der Waals surface area contributed by atoms with Crippen LogP contribution in [0.3, 0.4) is 0 Å². The van der Waals surface area contributed by atoms with Crippen LogP contribution >= 0.6 is 0 Å². The van der Waals surface area contributed by atoms with Gasteiger partial charge in [-0.15, -0.1) is 16.8 Å². The van der Waals surface area contributed by atoms with E-state index in [2.05, 4.69) is 33.6 Å². The van der Waals surface area contributed by atoms with Gasteiger partial charge in [-0.2, -0.15) is 0 Å². The van der Waals surface area contributed by atoms with Gasteiger partial charge in [0.2, 0.25) is 0 Å². The average molecular weight is 194 g/mol. The Morgan fingerprint density at radius 2 is 2.29 bits per heavy atom. The minimum Gasteiger partial charge on any atom is -0.314 e. The molecule has 0 unspecified atom stereocenters. The predicted octanol–water partition coefficient (Wildman–Crippen LogP) is 1.27. The number of nitrogens with zero attached hydrogens (tertiary/aromatic N) is 3. The first-order valence-corrected chi connectivity index (χ1v) is 4.99. The third-order valence-electron chi connectivity index (χ3n) is 2.03. The van der Waals surface area contributed by atoms with Gasteiger partial charge in [0, 0.05) is 13.1 Å². The third kappa shape index (κ3) is 2.67. The Morgan fingerprint density at radius 3 is 2.93 bits per heavy atom. The van der Waals surface area contributed by atoms with Crippen molar-refractivity contribution < 1.29 is 0 Å². The van der Waals surface area contributed by atoms with Gasteiger partial charge in [-0.1, -0.05) is 13.0 Å². The van der Waals surface area contributed by atoms with Gasteiger partial charge in [0.25, 0.3) is 0 Å². The molecule has 0 atom stereocenters. The highest BCUT2D eigenvalue weighted by atomic mass is 15.3. The Hall–Kier alpha value is -1.16. The summed E-state index contributed by atoms with van der Waals surface area (Å²) < 4.78 is 2.15. The molecular weight excluding hydrogens is 176 g/mol. The molecule has 1 rings (SSSR count). The van der Waals surface area contributed by atoms with Crippen molar-refractivity contribution in [2.45, 2.75) is 33.4 Å². The van der Waals surface area contributed by atoms with E-state index in [0.29, 0.717) is 0 Å². The molecule has 1 N–H and O–H groups in total. The zero-order chi connectivity index (χ0) is 10.4. The lowest BCUT2D eigenvalue weighted by atomic mass is 10.4. The lowest BCUT2D eigenvalue weighted by molar-refractivity contribution is 0.595. The van der Waals surface area contributed by atoms with Crippen molar-refractivity contribution in [3.63, 3.8) is 0 Å². The summed E-state index contributed by atoms with van der Waals surface area (Å²) in [4.78, 5) is 0. The minimum atomic E-state index is 0.757. The molecule has 14 heavy (non-hydrogen) atoms. The molecule has 0 bridgehead atoms. The number of aryl methyl sites for hydroxylation is 1. The molecule has 0 aliphatic carbocycles. The van der Waals surface area contributed by atoms with Gasteiger partial charge >= 0.3 is 0 Å². The maximum absolute atomic E-state index is 4.12. The summed E-state index contributed by atoms with van der Waals surface area (Å²) in [6.07, 6.45) is 2.95. The van der Waals surface area contributed by atoms with E-state index in [1.54, 1.807) is 0 Å². The number of hydrogen-bond donors (Lipinski definition) is 1. The van der Waals surface area contributed by atoms with E-state index in [1.807, 2.05) is 13.0 Å². The average Bonchev–Trinajstić information content (AvgIpc) is 2.51. The molecule has 0 aromatic carbocycles. The molecule has 0 saturated carbocycles. The molecular formula is C10H18N4. The van der Waals surface area contributed by atoms with Crippen LogP contribution in [0, 0.1) is 6.92 Å². The van der Waals surface area contributed by atoms with E-state index >= 15 is 0 Å². The summed E-state index contributed by atoms with van der Waals surface area (Å²) >= 11 is 0. The molecule has 0 saturated heterocycles. The monoisotopic (exact) mass is 194 g/mol. The quantitative estimate of drug-likeness (QED) is 0.548. The van der Waals surface area contributed by atoms with E-state index in [9.17, 15) is 0 Å². The second-order valence-electron chi connectivity index (χ2n) is 3.23. The van der Waals surface area contributed by atoms with Crippen LogP contribution in [0.25, 0.3) is 0 Å². The Kier molecular flexibility index (Phi) is 4.32. The second kappa shape index (κ2) is 5.54. The van der Waals surface area contributed by atoms with Crippen LogP contribution in [-0.2, 0) is 13.1 Å². The van der Waals surface area contributed by atoms with E-state index in [4.69, 9.17) is 0 Å². The Morgan fingerprint density at radius 1 is 1.50 bits per heavy atom. The van der Waals surface area contributed by atoms with Gasteiger partial charge in [0.15, 0.2) is 0 Å². The fraction of sp³-hybridized carbons (Fsp3) is 0.600. The molecule has 78 valence electrons. The van der Waals surface area contributed by atoms with Gasteiger partial charge in [-0.05, 0) is 13.3 Å². The largest absolute Gasteiger partial charge is 0.314 e. The second-order valence-corrected chi connectivity index (χ2v) is 3.23. The Bertz CT molecular complexity index is 290. The van der Waals surface area contributed by atoms with E-state index < -0.39 is 0 Å². The van der Waals surface area contributed by atoms with Crippen LogP contribution in [0.2, 0.25) is 0 Å². The smallest absolute Gasteiger partial charge is 0.147 e. The highest BCUT2D eigenvalue weighted by molar-refractivity contribution is 4.93. The molecule has 0 aliphatic rings. The Balaban J connectivity index is 2.60. The topological polar surface area (TPSA) is 42.7 Å².